The van der Waals surface area contributed by atoms with Crippen molar-refractivity contribution in [3.05, 3.63) is 84.4 Å². The number of rotatable bonds is 7. The molecular formula is C23H20N2OS3. The number of amides is 1. The minimum absolute atomic E-state index is 0.0619. The van der Waals surface area contributed by atoms with Gasteiger partial charge < -0.3 is 0 Å². The van der Waals surface area contributed by atoms with Crippen LogP contribution in [0.3, 0.4) is 0 Å². The molecule has 0 saturated carbocycles. The van der Waals surface area contributed by atoms with Gasteiger partial charge in [0.15, 0.2) is 5.13 Å². The zero-order chi connectivity index (χ0) is 20.1. The molecule has 1 amide bonds. The molecule has 3 nitrogen and oxygen atoms in total. The van der Waals surface area contributed by atoms with E-state index in [2.05, 4.69) is 18.4 Å². The zero-order valence-corrected chi connectivity index (χ0v) is 18.4. The molecule has 4 aromatic rings. The molecule has 6 heteroatoms. The second kappa shape index (κ2) is 9.48. The van der Waals surface area contributed by atoms with Gasteiger partial charge in [0.25, 0.3) is 0 Å². The highest BCUT2D eigenvalue weighted by molar-refractivity contribution is 8.00. The van der Waals surface area contributed by atoms with Crippen molar-refractivity contribution in [3.8, 4) is 0 Å². The van der Waals surface area contributed by atoms with Crippen LogP contribution >= 0.6 is 34.9 Å². The summed E-state index contributed by atoms with van der Waals surface area (Å²) >= 11 is 4.84. The SMILES string of the molecule is CSc1ccc2nc(N(Cc3ccccc3)C(=O)CSc3ccccc3)sc2c1. The van der Waals surface area contributed by atoms with Crippen molar-refractivity contribution in [2.24, 2.45) is 0 Å². The van der Waals surface area contributed by atoms with E-state index in [1.807, 2.05) is 71.6 Å². The third-order valence-corrected chi connectivity index (χ3v) is 7.17. The van der Waals surface area contributed by atoms with Crippen LogP contribution in [0.15, 0.2) is 88.7 Å². The van der Waals surface area contributed by atoms with Crippen molar-refractivity contribution in [2.75, 3.05) is 16.9 Å². The fraction of sp³-hybridized carbons (Fsp3) is 0.130. The van der Waals surface area contributed by atoms with Gasteiger partial charge in [-0.05, 0) is 42.2 Å². The lowest BCUT2D eigenvalue weighted by Crippen LogP contribution is -2.31. The Morgan fingerprint density at radius 2 is 1.69 bits per heavy atom. The lowest BCUT2D eigenvalue weighted by atomic mass is 10.2. The molecule has 0 aliphatic heterocycles. The van der Waals surface area contributed by atoms with E-state index in [0.717, 1.165) is 25.8 Å². The smallest absolute Gasteiger partial charge is 0.239 e. The van der Waals surface area contributed by atoms with Crippen LogP contribution in [-0.2, 0) is 11.3 Å². The predicted molar refractivity (Wildman–Crippen MR) is 126 cm³/mol. The average Bonchev–Trinajstić information content (AvgIpc) is 3.20. The Hall–Kier alpha value is -2.28. The summed E-state index contributed by atoms with van der Waals surface area (Å²) in [5.41, 5.74) is 2.03. The number of aromatic nitrogens is 1. The molecule has 0 fully saturated rings. The van der Waals surface area contributed by atoms with E-state index in [1.54, 1.807) is 34.9 Å². The summed E-state index contributed by atoms with van der Waals surface area (Å²) in [4.78, 5) is 22.1. The first-order valence-corrected chi connectivity index (χ1v) is 12.2. The van der Waals surface area contributed by atoms with Gasteiger partial charge in [0.1, 0.15) is 0 Å². The number of fused-ring (bicyclic) bond motifs is 1. The standard InChI is InChI=1S/C23H20N2OS3/c1-27-19-12-13-20-21(14-19)29-23(24-20)25(15-17-8-4-2-5-9-17)22(26)16-28-18-10-6-3-7-11-18/h2-14H,15-16H2,1H3. The van der Waals surface area contributed by atoms with Gasteiger partial charge in [-0.25, -0.2) is 4.98 Å². The highest BCUT2D eigenvalue weighted by atomic mass is 32.2. The number of thioether (sulfide) groups is 2. The van der Waals surface area contributed by atoms with Gasteiger partial charge in [0, 0.05) is 9.79 Å². The first kappa shape index (κ1) is 20.0. The fourth-order valence-corrected chi connectivity index (χ4v) is 5.23. The van der Waals surface area contributed by atoms with Crippen molar-refractivity contribution in [2.45, 2.75) is 16.3 Å². The third kappa shape index (κ3) is 5.01. The Labute approximate surface area is 183 Å². The van der Waals surface area contributed by atoms with Gasteiger partial charge in [-0.3, -0.25) is 9.69 Å². The quantitative estimate of drug-likeness (QED) is 0.316. The zero-order valence-electron chi connectivity index (χ0n) is 15.9. The molecule has 1 heterocycles. The van der Waals surface area contributed by atoms with Crippen LogP contribution in [0.25, 0.3) is 10.2 Å². The highest BCUT2D eigenvalue weighted by Crippen LogP contribution is 2.33. The topological polar surface area (TPSA) is 33.2 Å². The Kier molecular flexibility index (Phi) is 6.54. The summed E-state index contributed by atoms with van der Waals surface area (Å²) in [7, 11) is 0. The minimum atomic E-state index is 0.0619. The van der Waals surface area contributed by atoms with Crippen molar-refractivity contribution < 1.29 is 4.79 Å². The average molecular weight is 437 g/mol. The van der Waals surface area contributed by atoms with Crippen LogP contribution < -0.4 is 4.90 Å². The first-order valence-electron chi connectivity index (χ1n) is 9.19. The van der Waals surface area contributed by atoms with Crippen molar-refractivity contribution >= 4 is 56.1 Å². The maximum absolute atomic E-state index is 13.2. The van der Waals surface area contributed by atoms with E-state index < -0.39 is 0 Å². The normalized spacial score (nSPS) is 10.9. The lowest BCUT2D eigenvalue weighted by molar-refractivity contribution is -0.116. The number of hydrogen-bond donors (Lipinski definition) is 0. The second-order valence-electron chi connectivity index (χ2n) is 6.40. The molecule has 4 rings (SSSR count). The molecule has 0 saturated heterocycles. The maximum Gasteiger partial charge on any atom is 0.239 e. The van der Waals surface area contributed by atoms with Crippen LogP contribution in [0.1, 0.15) is 5.56 Å². The summed E-state index contributed by atoms with van der Waals surface area (Å²) in [6.45, 7) is 0.518. The molecule has 0 aliphatic rings. The number of nitrogens with zero attached hydrogens (tertiary/aromatic N) is 2. The van der Waals surface area contributed by atoms with Gasteiger partial charge >= 0.3 is 0 Å². The molecule has 0 radical (unpaired) electrons. The Morgan fingerprint density at radius 1 is 0.966 bits per heavy atom. The maximum atomic E-state index is 13.2. The van der Waals surface area contributed by atoms with Crippen molar-refractivity contribution in [1.82, 2.24) is 4.98 Å². The van der Waals surface area contributed by atoms with Crippen LogP contribution in [-0.4, -0.2) is 22.9 Å². The van der Waals surface area contributed by atoms with Crippen LogP contribution in [0.5, 0.6) is 0 Å². The van der Waals surface area contributed by atoms with Gasteiger partial charge in [0.2, 0.25) is 5.91 Å². The monoisotopic (exact) mass is 436 g/mol. The first-order chi connectivity index (χ1) is 14.2. The van der Waals surface area contributed by atoms with E-state index in [4.69, 9.17) is 4.98 Å². The summed E-state index contributed by atoms with van der Waals surface area (Å²) in [6.07, 6.45) is 2.06. The van der Waals surface area contributed by atoms with Crippen LogP contribution in [0.2, 0.25) is 0 Å². The number of hydrogen-bond acceptors (Lipinski definition) is 5. The molecule has 0 bridgehead atoms. The molecule has 3 aromatic carbocycles. The van der Waals surface area contributed by atoms with Gasteiger partial charge in [-0.1, -0.05) is 59.9 Å². The molecule has 0 spiro atoms. The second-order valence-corrected chi connectivity index (χ2v) is 9.33. The van der Waals surface area contributed by atoms with Crippen molar-refractivity contribution in [1.29, 1.82) is 0 Å². The fourth-order valence-electron chi connectivity index (χ4n) is 2.90. The Morgan fingerprint density at radius 3 is 2.41 bits per heavy atom. The molecule has 29 heavy (non-hydrogen) atoms. The highest BCUT2D eigenvalue weighted by Gasteiger charge is 2.20. The van der Waals surface area contributed by atoms with Gasteiger partial charge in [-0.2, -0.15) is 0 Å². The molecule has 0 aliphatic carbocycles. The number of benzene rings is 3. The molecule has 146 valence electrons. The van der Waals surface area contributed by atoms with Crippen LogP contribution in [0, 0.1) is 0 Å². The lowest BCUT2D eigenvalue weighted by Gasteiger charge is -2.20. The van der Waals surface area contributed by atoms with Crippen LogP contribution in [0.4, 0.5) is 5.13 Å². The number of anilines is 1. The van der Waals surface area contributed by atoms with E-state index in [9.17, 15) is 4.79 Å². The summed E-state index contributed by atoms with van der Waals surface area (Å²) < 4.78 is 1.11. The minimum Gasteiger partial charge on any atom is -0.283 e. The number of carbonyl (C=O) groups excluding carboxylic acids is 1. The Balaban J connectivity index is 1.61. The van der Waals surface area contributed by atoms with E-state index in [0.29, 0.717) is 12.3 Å². The summed E-state index contributed by atoms with van der Waals surface area (Å²) in [5.74, 6) is 0.440. The molecular weight excluding hydrogens is 416 g/mol. The molecule has 0 atom stereocenters. The summed E-state index contributed by atoms with van der Waals surface area (Å²) in [6, 6.07) is 26.4. The number of thiazole rings is 1. The molecule has 1 aromatic heterocycles. The largest absolute Gasteiger partial charge is 0.283 e. The molecule has 0 unspecified atom stereocenters. The van der Waals surface area contributed by atoms with Gasteiger partial charge in [-0.15, -0.1) is 23.5 Å². The molecule has 0 N–H and O–H groups in total. The van der Waals surface area contributed by atoms with Crippen molar-refractivity contribution in [3.63, 3.8) is 0 Å². The predicted octanol–water partition coefficient (Wildman–Crippen LogP) is 6.34. The Bertz CT molecular complexity index is 1100. The number of carbonyl (C=O) groups is 1. The van der Waals surface area contributed by atoms with E-state index in [1.165, 1.54) is 4.90 Å². The van der Waals surface area contributed by atoms with E-state index in [-0.39, 0.29) is 5.91 Å². The third-order valence-electron chi connectivity index (χ3n) is 4.41. The van der Waals surface area contributed by atoms with E-state index >= 15 is 0 Å². The summed E-state index contributed by atoms with van der Waals surface area (Å²) in [5, 5.41) is 0.751. The van der Waals surface area contributed by atoms with Gasteiger partial charge in [0.05, 0.1) is 22.5 Å².